The molecule has 4 amide bonds. The number of carbonyl (C=O) groups is 5. The second-order valence-corrected chi connectivity index (χ2v) is 15.1. The number of amides is 4. The third-order valence-electron chi connectivity index (χ3n) is 10.7. The normalized spacial score (nSPS) is 20.6. The molecule has 1 aliphatic heterocycles. The molecule has 1 aromatic rings. The monoisotopic (exact) mass is 749 g/mol. The van der Waals surface area contributed by atoms with Crippen LogP contribution in [0.4, 0.5) is 4.39 Å². The first kappa shape index (κ1) is 45.7. The second-order valence-electron chi connectivity index (χ2n) is 15.1. The molecule has 2 unspecified atom stereocenters. The lowest BCUT2D eigenvalue weighted by molar-refractivity contribution is -0.148. The maximum Gasteiger partial charge on any atom is 0.245 e. The molecular formula is C39H64FN5O8. The van der Waals surface area contributed by atoms with E-state index in [1.54, 1.807) is 25.9 Å². The lowest BCUT2D eigenvalue weighted by atomic mass is 9.89. The fraction of sp³-hybridized carbons (Fsp3) is 0.718. The lowest BCUT2D eigenvalue weighted by Gasteiger charge is -2.41. The maximum absolute atomic E-state index is 14.1. The number of hydrogen-bond donors (Lipinski definition) is 4. The average Bonchev–Trinajstić information content (AvgIpc) is 3.50. The standard InChI is InChI=1S/C39H64FN5O8/c1-13-23(6)34(44(10)39(51)33(22(4)5)43-38(50)32(41-9)21(2)3)30(52-11)19-31(47)45-20-28(46)18-29(45)36(53-12)24(7)37(49)42-25(8)35(48)26-14-16-27(40)17-15-26/h14-17,21-25,28-30,32-34,36,41,46H,13,18-20H2,1-12H3,(H,42,49)(H,43,50)/t23?,24-,25+,28+,29+,30-,32+,33?,34+,36-/m1/s1. The largest absolute Gasteiger partial charge is 0.391 e. The summed E-state index contributed by atoms with van der Waals surface area (Å²) < 4.78 is 25.1. The maximum atomic E-state index is 14.1. The van der Waals surface area contributed by atoms with E-state index in [2.05, 4.69) is 16.0 Å². The van der Waals surface area contributed by atoms with Gasteiger partial charge in [-0.3, -0.25) is 24.0 Å². The van der Waals surface area contributed by atoms with Crippen molar-refractivity contribution >= 4 is 29.4 Å². The molecule has 0 aliphatic carbocycles. The zero-order valence-electron chi connectivity index (χ0n) is 33.6. The fourth-order valence-corrected chi connectivity index (χ4v) is 7.32. The van der Waals surface area contributed by atoms with Gasteiger partial charge in [0.05, 0.1) is 54.8 Å². The first-order valence-electron chi connectivity index (χ1n) is 18.7. The Bertz CT molecular complexity index is 1380. The van der Waals surface area contributed by atoms with Crippen LogP contribution in [0.1, 0.15) is 85.0 Å². The van der Waals surface area contributed by atoms with Gasteiger partial charge in [-0.15, -0.1) is 0 Å². The highest BCUT2D eigenvalue weighted by atomic mass is 19.1. The van der Waals surface area contributed by atoms with Crippen molar-refractivity contribution < 1.29 is 42.9 Å². The van der Waals surface area contributed by atoms with Crippen molar-refractivity contribution in [1.82, 2.24) is 25.8 Å². The highest BCUT2D eigenvalue weighted by molar-refractivity contribution is 6.01. The Balaban J connectivity index is 2.29. The van der Waals surface area contributed by atoms with Crippen LogP contribution < -0.4 is 16.0 Å². The topological polar surface area (TPSA) is 167 Å². The number of ketones is 1. The Morgan fingerprint density at radius 3 is 2.00 bits per heavy atom. The van der Waals surface area contributed by atoms with E-state index >= 15 is 0 Å². The molecule has 0 saturated carbocycles. The first-order valence-corrected chi connectivity index (χ1v) is 18.7. The number of carbonyl (C=O) groups excluding carboxylic acids is 5. The minimum atomic E-state index is -0.914. The van der Waals surface area contributed by atoms with Gasteiger partial charge in [0, 0.05) is 33.4 Å². The Morgan fingerprint density at radius 1 is 0.925 bits per heavy atom. The number of hydrogen-bond acceptors (Lipinski definition) is 9. The molecule has 0 spiro atoms. The third-order valence-corrected chi connectivity index (χ3v) is 10.7. The van der Waals surface area contributed by atoms with Crippen LogP contribution in [0.2, 0.25) is 0 Å². The summed E-state index contributed by atoms with van der Waals surface area (Å²) >= 11 is 0. The number of rotatable bonds is 20. The molecule has 1 fully saturated rings. The highest BCUT2D eigenvalue weighted by Gasteiger charge is 2.45. The van der Waals surface area contributed by atoms with Crippen LogP contribution >= 0.6 is 0 Å². The number of Topliss-reactive ketones (excluding diaryl/α,β-unsaturated/α-hetero) is 1. The van der Waals surface area contributed by atoms with Crippen molar-refractivity contribution in [3.63, 3.8) is 0 Å². The number of halogens is 1. The van der Waals surface area contributed by atoms with Crippen LogP contribution in [-0.2, 0) is 28.7 Å². The van der Waals surface area contributed by atoms with Gasteiger partial charge < -0.3 is 40.3 Å². The molecule has 10 atom stereocenters. The van der Waals surface area contributed by atoms with E-state index < -0.39 is 71.9 Å². The molecule has 300 valence electrons. The Hall–Kier alpha value is -3.46. The zero-order chi connectivity index (χ0) is 40.3. The van der Waals surface area contributed by atoms with E-state index in [1.807, 2.05) is 41.5 Å². The van der Waals surface area contributed by atoms with Crippen molar-refractivity contribution in [2.24, 2.45) is 23.7 Å². The number of nitrogens with zero attached hydrogens (tertiary/aromatic N) is 2. The Kier molecular flexibility index (Phi) is 18.0. The lowest BCUT2D eigenvalue weighted by Crippen LogP contribution is -2.59. The summed E-state index contributed by atoms with van der Waals surface area (Å²) in [7, 11) is 6.29. The highest BCUT2D eigenvalue weighted by Crippen LogP contribution is 2.30. The molecule has 2 rings (SSSR count). The van der Waals surface area contributed by atoms with Crippen LogP contribution in [0.25, 0.3) is 0 Å². The van der Waals surface area contributed by atoms with Gasteiger partial charge in [0.1, 0.15) is 11.9 Å². The number of aliphatic hydroxyl groups is 1. The Morgan fingerprint density at radius 2 is 1.51 bits per heavy atom. The number of nitrogens with one attached hydrogen (secondary N) is 3. The predicted octanol–water partition coefficient (Wildman–Crippen LogP) is 2.79. The van der Waals surface area contributed by atoms with Crippen LogP contribution in [-0.4, -0.2) is 128 Å². The Labute approximate surface area is 315 Å². The molecule has 0 bridgehead atoms. The van der Waals surface area contributed by atoms with Crippen molar-refractivity contribution in [3.8, 4) is 0 Å². The van der Waals surface area contributed by atoms with Gasteiger partial charge >= 0.3 is 0 Å². The molecule has 4 N–H and O–H groups in total. The quantitative estimate of drug-likeness (QED) is 0.147. The fourth-order valence-electron chi connectivity index (χ4n) is 7.32. The van der Waals surface area contributed by atoms with Gasteiger partial charge in [-0.05, 0) is 62.4 Å². The second kappa shape index (κ2) is 20.8. The minimum Gasteiger partial charge on any atom is -0.391 e. The zero-order valence-corrected chi connectivity index (χ0v) is 33.6. The van der Waals surface area contributed by atoms with Crippen molar-refractivity contribution in [2.75, 3.05) is 34.9 Å². The molecule has 53 heavy (non-hydrogen) atoms. The van der Waals surface area contributed by atoms with E-state index in [0.717, 1.165) is 0 Å². The molecule has 1 aromatic carbocycles. The van der Waals surface area contributed by atoms with Gasteiger partial charge in [-0.1, -0.05) is 54.9 Å². The molecule has 14 heteroatoms. The molecule has 1 saturated heterocycles. The van der Waals surface area contributed by atoms with E-state index in [0.29, 0.717) is 6.42 Å². The third kappa shape index (κ3) is 11.8. The summed E-state index contributed by atoms with van der Waals surface area (Å²) in [4.78, 5) is 70.9. The number of methoxy groups -OCH3 is 2. The summed E-state index contributed by atoms with van der Waals surface area (Å²) in [5.74, 6) is -3.42. The molecular weight excluding hydrogens is 685 g/mol. The van der Waals surface area contributed by atoms with Gasteiger partial charge in [-0.25, -0.2) is 4.39 Å². The van der Waals surface area contributed by atoms with Crippen molar-refractivity contribution in [3.05, 3.63) is 35.6 Å². The molecule has 13 nitrogen and oxygen atoms in total. The number of likely N-dealkylation sites (N-methyl/N-ethyl adjacent to an activating group) is 2. The van der Waals surface area contributed by atoms with Crippen molar-refractivity contribution in [1.29, 1.82) is 0 Å². The van der Waals surface area contributed by atoms with Crippen LogP contribution in [0.15, 0.2) is 24.3 Å². The average molecular weight is 750 g/mol. The van der Waals surface area contributed by atoms with Gasteiger partial charge in [0.25, 0.3) is 0 Å². The molecule has 0 aromatic heterocycles. The number of ether oxygens (including phenoxy) is 2. The molecule has 0 radical (unpaired) electrons. The number of aliphatic hydroxyl groups excluding tert-OH is 1. The number of likely N-dealkylation sites (tertiary alicyclic amines) is 1. The van der Waals surface area contributed by atoms with E-state index in [9.17, 15) is 33.5 Å². The van der Waals surface area contributed by atoms with Crippen LogP contribution in [0.5, 0.6) is 0 Å². The SMILES string of the molecule is CCC(C)[C@@H]([C@@H](CC(=O)N1C[C@@H](O)C[C@H]1[C@H](OC)[C@@H](C)C(=O)N[C@@H](C)C(=O)c1ccc(F)cc1)OC)N(C)C(=O)C(NC(=O)[C@@H](NC)C(C)C)C(C)C. The van der Waals surface area contributed by atoms with Gasteiger partial charge in [0.2, 0.25) is 23.6 Å². The number of benzene rings is 1. The van der Waals surface area contributed by atoms with E-state index in [4.69, 9.17) is 9.47 Å². The first-order chi connectivity index (χ1) is 24.8. The van der Waals surface area contributed by atoms with Gasteiger partial charge in [-0.2, -0.15) is 0 Å². The van der Waals surface area contributed by atoms with Gasteiger partial charge in [0.15, 0.2) is 5.78 Å². The summed E-state index contributed by atoms with van der Waals surface area (Å²) in [6, 6.07) is 1.63. The molecule has 1 heterocycles. The minimum absolute atomic E-state index is 0.000908. The van der Waals surface area contributed by atoms with Crippen LogP contribution in [0, 0.1) is 29.5 Å². The summed E-state index contributed by atoms with van der Waals surface area (Å²) in [5, 5.41) is 19.4. The van der Waals surface area contributed by atoms with E-state index in [1.165, 1.54) is 50.3 Å². The van der Waals surface area contributed by atoms with Crippen molar-refractivity contribution in [2.45, 2.75) is 123 Å². The summed E-state index contributed by atoms with van der Waals surface area (Å²) in [5.41, 5.74) is 0.250. The smallest absolute Gasteiger partial charge is 0.245 e. The summed E-state index contributed by atoms with van der Waals surface area (Å²) in [6.07, 6.45) is -1.72. The molecule has 1 aliphatic rings. The number of β-amino-alcohol motifs (C(OH)–C–C–N with tert-alkyl or cyclic N) is 1. The summed E-state index contributed by atoms with van der Waals surface area (Å²) in [6.45, 7) is 14.7. The predicted molar refractivity (Wildman–Crippen MR) is 200 cm³/mol. The van der Waals surface area contributed by atoms with E-state index in [-0.39, 0.29) is 60.4 Å². The van der Waals surface area contributed by atoms with Crippen LogP contribution in [0.3, 0.4) is 0 Å².